The molecule has 0 aromatic rings. The van der Waals surface area contributed by atoms with Gasteiger partial charge in [-0.2, -0.15) is 0 Å². The molecule has 0 aromatic heterocycles. The average Bonchev–Trinajstić information content (AvgIpc) is 2.38. The molecular formula is C13H26N2O5. The average molecular weight is 290 g/mol. The molecule has 0 aromatic carbocycles. The van der Waals surface area contributed by atoms with Gasteiger partial charge in [0, 0.05) is 33.9 Å². The highest BCUT2D eigenvalue weighted by Gasteiger charge is 2.23. The van der Waals surface area contributed by atoms with Crippen molar-refractivity contribution in [3.05, 3.63) is 0 Å². The molecule has 0 fully saturated rings. The summed E-state index contributed by atoms with van der Waals surface area (Å²) in [5, 5.41) is 11.7. The lowest BCUT2D eigenvalue weighted by Gasteiger charge is -2.24. The number of carbonyl (C=O) groups is 2. The summed E-state index contributed by atoms with van der Waals surface area (Å²) in [5.41, 5.74) is 0. The Hall–Kier alpha value is -1.34. The number of nitrogens with zero attached hydrogens (tertiary/aromatic N) is 1. The molecular weight excluding hydrogens is 264 g/mol. The van der Waals surface area contributed by atoms with Gasteiger partial charge in [0.1, 0.15) is 0 Å². The van der Waals surface area contributed by atoms with E-state index in [0.29, 0.717) is 26.3 Å². The summed E-state index contributed by atoms with van der Waals surface area (Å²) in [7, 11) is 3.12. The maximum absolute atomic E-state index is 12.0. The Kier molecular flexibility index (Phi) is 9.75. The lowest BCUT2D eigenvalue weighted by molar-refractivity contribution is -0.142. The van der Waals surface area contributed by atoms with E-state index in [1.807, 2.05) is 13.8 Å². The molecule has 0 aliphatic heterocycles. The number of urea groups is 1. The molecule has 1 unspecified atom stereocenters. The number of hydrogen-bond acceptors (Lipinski definition) is 4. The van der Waals surface area contributed by atoms with Crippen molar-refractivity contribution in [3.8, 4) is 0 Å². The number of methoxy groups -OCH3 is 2. The van der Waals surface area contributed by atoms with Gasteiger partial charge >= 0.3 is 12.0 Å². The van der Waals surface area contributed by atoms with E-state index in [4.69, 9.17) is 14.6 Å². The monoisotopic (exact) mass is 290 g/mol. The summed E-state index contributed by atoms with van der Waals surface area (Å²) >= 11 is 0. The number of carboxylic acids is 1. The summed E-state index contributed by atoms with van der Waals surface area (Å²) < 4.78 is 9.90. The second kappa shape index (κ2) is 10.4. The lowest BCUT2D eigenvalue weighted by Crippen LogP contribution is -2.46. The van der Waals surface area contributed by atoms with Crippen LogP contribution in [0.5, 0.6) is 0 Å². The third-order valence-corrected chi connectivity index (χ3v) is 3.01. The zero-order valence-corrected chi connectivity index (χ0v) is 12.7. The van der Waals surface area contributed by atoms with E-state index in [1.54, 1.807) is 19.1 Å². The molecule has 118 valence electrons. The zero-order chi connectivity index (χ0) is 15.5. The van der Waals surface area contributed by atoms with Crippen molar-refractivity contribution < 1.29 is 24.2 Å². The first kappa shape index (κ1) is 18.7. The fraction of sp³-hybridized carbons (Fsp3) is 0.846. The van der Waals surface area contributed by atoms with Gasteiger partial charge in [0.05, 0.1) is 19.1 Å². The number of carboxylic acid groups (broad SMARTS) is 1. The highest BCUT2D eigenvalue weighted by Crippen LogP contribution is 2.09. The first-order chi connectivity index (χ1) is 9.43. The van der Waals surface area contributed by atoms with Crippen LogP contribution >= 0.6 is 0 Å². The fourth-order valence-corrected chi connectivity index (χ4v) is 1.64. The fourth-order valence-electron chi connectivity index (χ4n) is 1.64. The van der Waals surface area contributed by atoms with Gasteiger partial charge in [-0.15, -0.1) is 0 Å². The second-order valence-corrected chi connectivity index (χ2v) is 4.85. The van der Waals surface area contributed by atoms with E-state index < -0.39 is 11.9 Å². The minimum absolute atomic E-state index is 0.0424. The van der Waals surface area contributed by atoms with Crippen molar-refractivity contribution in [1.29, 1.82) is 0 Å². The number of hydrogen-bond donors (Lipinski definition) is 2. The Bertz CT molecular complexity index is 288. The van der Waals surface area contributed by atoms with Crippen molar-refractivity contribution in [3.63, 3.8) is 0 Å². The molecule has 0 aliphatic carbocycles. The molecule has 0 bridgehead atoms. The van der Waals surface area contributed by atoms with Gasteiger partial charge in [-0.3, -0.25) is 4.79 Å². The summed E-state index contributed by atoms with van der Waals surface area (Å²) in [4.78, 5) is 24.6. The maximum atomic E-state index is 12.0. The standard InChI is InChI=1S/C13H26N2O5/c1-10(2)11(12(16)17)9-14-13(18)15(5-7-19-3)6-8-20-4/h10-11H,5-9H2,1-4H3,(H,14,18)(H,16,17). The number of rotatable bonds is 10. The number of amides is 2. The van der Waals surface area contributed by atoms with Crippen molar-refractivity contribution in [2.75, 3.05) is 47.1 Å². The maximum Gasteiger partial charge on any atom is 0.317 e. The number of nitrogens with one attached hydrogen (secondary N) is 1. The van der Waals surface area contributed by atoms with Crippen LogP contribution in [-0.2, 0) is 14.3 Å². The Morgan fingerprint density at radius 1 is 1.15 bits per heavy atom. The zero-order valence-electron chi connectivity index (χ0n) is 12.7. The third kappa shape index (κ3) is 7.30. The van der Waals surface area contributed by atoms with Crippen molar-refractivity contribution in [2.45, 2.75) is 13.8 Å². The van der Waals surface area contributed by atoms with E-state index in [0.717, 1.165) is 0 Å². The van der Waals surface area contributed by atoms with Crippen LogP contribution in [0.4, 0.5) is 4.79 Å². The molecule has 1 atom stereocenters. The van der Waals surface area contributed by atoms with Gasteiger partial charge < -0.3 is 24.8 Å². The predicted octanol–water partition coefficient (Wildman–Crippen LogP) is 0.648. The van der Waals surface area contributed by atoms with Gasteiger partial charge in [0.15, 0.2) is 0 Å². The van der Waals surface area contributed by atoms with Crippen LogP contribution in [0.1, 0.15) is 13.8 Å². The topological polar surface area (TPSA) is 88.1 Å². The molecule has 0 aliphatic rings. The van der Waals surface area contributed by atoms with E-state index >= 15 is 0 Å². The lowest BCUT2D eigenvalue weighted by atomic mass is 9.96. The third-order valence-electron chi connectivity index (χ3n) is 3.01. The number of aliphatic carboxylic acids is 1. The van der Waals surface area contributed by atoms with Crippen LogP contribution in [0.3, 0.4) is 0 Å². The first-order valence-corrected chi connectivity index (χ1v) is 6.67. The van der Waals surface area contributed by atoms with Crippen LogP contribution in [0.15, 0.2) is 0 Å². The molecule has 2 amide bonds. The van der Waals surface area contributed by atoms with Gasteiger partial charge in [0.2, 0.25) is 0 Å². The van der Waals surface area contributed by atoms with E-state index in [2.05, 4.69) is 5.32 Å². The SMILES string of the molecule is COCCN(CCOC)C(=O)NCC(C(=O)O)C(C)C. The highest BCUT2D eigenvalue weighted by atomic mass is 16.5. The molecule has 0 saturated carbocycles. The predicted molar refractivity (Wildman–Crippen MR) is 74.7 cm³/mol. The van der Waals surface area contributed by atoms with E-state index in [9.17, 15) is 9.59 Å². The van der Waals surface area contributed by atoms with Crippen LogP contribution in [0, 0.1) is 11.8 Å². The molecule has 20 heavy (non-hydrogen) atoms. The molecule has 7 heteroatoms. The van der Waals surface area contributed by atoms with Crippen molar-refractivity contribution in [2.24, 2.45) is 11.8 Å². The summed E-state index contributed by atoms with van der Waals surface area (Å²) in [5.74, 6) is -1.54. The Morgan fingerprint density at radius 3 is 2.00 bits per heavy atom. The number of carbonyl (C=O) groups excluding carboxylic acids is 1. The normalized spacial score (nSPS) is 12.2. The minimum atomic E-state index is -0.902. The van der Waals surface area contributed by atoms with Crippen LogP contribution in [-0.4, -0.2) is 69.1 Å². The van der Waals surface area contributed by atoms with Gasteiger partial charge in [0.25, 0.3) is 0 Å². The summed E-state index contributed by atoms with van der Waals surface area (Å²) in [6.07, 6.45) is 0. The van der Waals surface area contributed by atoms with Gasteiger partial charge in [-0.05, 0) is 5.92 Å². The quantitative estimate of drug-likeness (QED) is 0.616. The van der Waals surface area contributed by atoms with Gasteiger partial charge in [-0.25, -0.2) is 4.79 Å². The molecule has 7 nitrogen and oxygen atoms in total. The van der Waals surface area contributed by atoms with Crippen LogP contribution in [0.25, 0.3) is 0 Å². The highest BCUT2D eigenvalue weighted by molar-refractivity contribution is 5.76. The molecule has 2 N–H and O–H groups in total. The Balaban J connectivity index is 4.38. The van der Waals surface area contributed by atoms with Gasteiger partial charge in [-0.1, -0.05) is 13.8 Å². The molecule has 0 heterocycles. The molecule has 0 rings (SSSR count). The van der Waals surface area contributed by atoms with Crippen molar-refractivity contribution in [1.82, 2.24) is 10.2 Å². The molecule has 0 saturated heterocycles. The number of ether oxygens (including phenoxy) is 2. The molecule has 0 radical (unpaired) electrons. The van der Waals surface area contributed by atoms with Crippen LogP contribution < -0.4 is 5.32 Å². The first-order valence-electron chi connectivity index (χ1n) is 6.67. The van der Waals surface area contributed by atoms with Crippen molar-refractivity contribution >= 4 is 12.0 Å². The minimum Gasteiger partial charge on any atom is -0.481 e. The second-order valence-electron chi connectivity index (χ2n) is 4.85. The Labute approximate surface area is 120 Å². The van der Waals surface area contributed by atoms with E-state index in [1.165, 1.54) is 0 Å². The smallest absolute Gasteiger partial charge is 0.317 e. The largest absolute Gasteiger partial charge is 0.481 e. The van der Waals surface area contributed by atoms with Crippen LogP contribution in [0.2, 0.25) is 0 Å². The summed E-state index contributed by atoms with van der Waals surface area (Å²) in [6, 6.07) is -0.300. The van der Waals surface area contributed by atoms with E-state index in [-0.39, 0.29) is 18.5 Å². The molecule has 0 spiro atoms. The summed E-state index contributed by atoms with van der Waals surface area (Å²) in [6.45, 7) is 5.46. The Morgan fingerprint density at radius 2 is 1.65 bits per heavy atom.